The lowest BCUT2D eigenvalue weighted by atomic mass is 10.1. The van der Waals surface area contributed by atoms with Crippen LogP contribution in [0.1, 0.15) is 37.7 Å². The van der Waals surface area contributed by atoms with Gasteiger partial charge < -0.3 is 32.1 Å². The van der Waals surface area contributed by atoms with Gasteiger partial charge in [-0.15, -0.1) is 24.8 Å². The predicted octanol–water partition coefficient (Wildman–Crippen LogP) is 1.04. The lowest BCUT2D eigenvalue weighted by Crippen LogP contribution is -2.49. The van der Waals surface area contributed by atoms with Crippen molar-refractivity contribution in [3.05, 3.63) is 29.8 Å². The number of rotatable bonds is 15. The van der Waals surface area contributed by atoms with Gasteiger partial charge in [0.2, 0.25) is 11.8 Å². The highest BCUT2D eigenvalue weighted by Crippen LogP contribution is 2.11. The highest BCUT2D eigenvalue weighted by atomic mass is 35.5. The molecule has 0 radical (unpaired) electrons. The lowest BCUT2D eigenvalue weighted by molar-refractivity contribution is -0.130. The molecule has 0 saturated carbocycles. The Morgan fingerprint density at radius 3 is 2.36 bits per heavy atom. The minimum absolute atomic E-state index is 0. The maximum absolute atomic E-state index is 12.1. The fourth-order valence-corrected chi connectivity index (χ4v) is 2.80. The summed E-state index contributed by atoms with van der Waals surface area (Å²) in [5, 5.41) is 36.2. The van der Waals surface area contributed by atoms with Crippen molar-refractivity contribution in [3.63, 3.8) is 0 Å². The van der Waals surface area contributed by atoms with Gasteiger partial charge in [0, 0.05) is 31.6 Å². The van der Waals surface area contributed by atoms with Crippen LogP contribution >= 0.6 is 24.8 Å². The highest BCUT2D eigenvalue weighted by molar-refractivity contribution is 5.89. The number of nitrogens with one attached hydrogen (secondary N) is 5. The molecule has 0 saturated heterocycles. The van der Waals surface area contributed by atoms with E-state index >= 15 is 0 Å². The quantitative estimate of drug-likeness (QED) is 0.106. The summed E-state index contributed by atoms with van der Waals surface area (Å²) in [5.41, 5.74) is 7.04. The van der Waals surface area contributed by atoms with E-state index in [9.17, 15) is 14.7 Å². The van der Waals surface area contributed by atoms with E-state index in [2.05, 4.69) is 27.3 Å². The lowest BCUT2D eigenvalue weighted by Gasteiger charge is -2.16. The van der Waals surface area contributed by atoms with Gasteiger partial charge in [-0.3, -0.25) is 15.0 Å². The van der Waals surface area contributed by atoms with E-state index in [1.54, 1.807) is 0 Å². The fourth-order valence-electron chi connectivity index (χ4n) is 2.80. The summed E-state index contributed by atoms with van der Waals surface area (Å²) in [6.45, 7) is 1.43. The van der Waals surface area contributed by atoms with E-state index in [-0.39, 0.29) is 43.1 Å². The van der Waals surface area contributed by atoms with E-state index < -0.39 is 18.6 Å². The first-order valence-electron chi connectivity index (χ1n) is 10.4. The number of hydrogen-bond donors (Lipinski definition) is 7. The Morgan fingerprint density at radius 2 is 1.76 bits per heavy atom. The zero-order valence-corrected chi connectivity index (χ0v) is 20.2. The third-order valence-corrected chi connectivity index (χ3v) is 4.43. The molecule has 0 fully saturated rings. The Bertz CT molecular complexity index is 742. The Balaban J connectivity index is 0. The molecule has 1 atom stereocenters. The smallest absolute Gasteiger partial charge is 0.244 e. The second-order valence-corrected chi connectivity index (χ2v) is 7.05. The van der Waals surface area contributed by atoms with Gasteiger partial charge in [-0.25, -0.2) is 0 Å². The van der Waals surface area contributed by atoms with Crippen LogP contribution in [0.15, 0.2) is 24.3 Å². The molecule has 0 aliphatic rings. The standard InChI is InChI=1S/C21H33N7O3.2ClH/c22-11-4-13-25-12-1-2-14-26-20(31)18(15-29)28-19(30)6-3-5-16-7-9-17(10-8-16)27-21(23)24;;/h7-10,18,25,29H,1-6,12-15H2,(H,26,31)(H,28,30)(H4,23,24,27);2*1H/t18-;;/m0../s1. The number of aliphatic hydroxyl groups is 1. The van der Waals surface area contributed by atoms with Crippen LogP contribution in [-0.2, 0) is 16.0 Å². The molecule has 186 valence electrons. The average Bonchev–Trinajstić information content (AvgIpc) is 2.74. The molecule has 0 heterocycles. The van der Waals surface area contributed by atoms with Crippen molar-refractivity contribution in [2.24, 2.45) is 5.73 Å². The van der Waals surface area contributed by atoms with Gasteiger partial charge >= 0.3 is 0 Å². The van der Waals surface area contributed by atoms with E-state index in [1.807, 2.05) is 24.3 Å². The SMILES string of the molecule is Cl.Cl.N#CCCNCCCCNC(=O)[C@H](CO)NC(=O)CCCc1ccc(NC(=N)N)cc1. The van der Waals surface area contributed by atoms with E-state index in [0.717, 1.165) is 30.6 Å². The van der Waals surface area contributed by atoms with Crippen LogP contribution in [0.5, 0.6) is 0 Å². The Morgan fingerprint density at radius 1 is 1.09 bits per heavy atom. The van der Waals surface area contributed by atoms with Crippen molar-refractivity contribution in [2.45, 2.75) is 44.6 Å². The fraction of sp³-hybridized carbons (Fsp3) is 0.524. The molecule has 0 aliphatic heterocycles. The van der Waals surface area contributed by atoms with Crippen molar-refractivity contribution in [1.82, 2.24) is 16.0 Å². The molecule has 8 N–H and O–H groups in total. The highest BCUT2D eigenvalue weighted by Gasteiger charge is 2.19. The van der Waals surface area contributed by atoms with Crippen molar-refractivity contribution < 1.29 is 14.7 Å². The molecule has 0 spiro atoms. The van der Waals surface area contributed by atoms with Gasteiger partial charge in [-0.05, 0) is 49.9 Å². The van der Waals surface area contributed by atoms with E-state index in [0.29, 0.717) is 32.4 Å². The van der Waals surface area contributed by atoms with Crippen molar-refractivity contribution in [1.29, 1.82) is 10.7 Å². The molecule has 0 aliphatic carbocycles. The monoisotopic (exact) mass is 503 g/mol. The number of amides is 2. The number of anilines is 1. The van der Waals surface area contributed by atoms with Gasteiger partial charge in [-0.2, -0.15) is 5.26 Å². The molecule has 0 bridgehead atoms. The number of unbranched alkanes of at least 4 members (excludes halogenated alkanes) is 1. The zero-order chi connectivity index (χ0) is 22.9. The Kier molecular flexibility index (Phi) is 19.8. The number of hydrogen-bond acceptors (Lipinski definition) is 6. The van der Waals surface area contributed by atoms with Gasteiger partial charge in [0.25, 0.3) is 0 Å². The zero-order valence-electron chi connectivity index (χ0n) is 18.6. The average molecular weight is 504 g/mol. The molecule has 2 amide bonds. The number of nitriles is 1. The van der Waals surface area contributed by atoms with Crippen LogP contribution < -0.4 is 27.0 Å². The Labute approximate surface area is 207 Å². The van der Waals surface area contributed by atoms with Gasteiger partial charge in [0.1, 0.15) is 6.04 Å². The van der Waals surface area contributed by atoms with Crippen LogP contribution in [0.25, 0.3) is 0 Å². The van der Waals surface area contributed by atoms with Crippen LogP contribution in [-0.4, -0.2) is 55.2 Å². The summed E-state index contributed by atoms with van der Waals surface area (Å²) in [7, 11) is 0. The summed E-state index contributed by atoms with van der Waals surface area (Å²) >= 11 is 0. The van der Waals surface area contributed by atoms with Crippen molar-refractivity contribution in [2.75, 3.05) is 31.6 Å². The number of carbonyl (C=O) groups is 2. The second kappa shape index (κ2) is 20.1. The number of nitrogens with two attached hydrogens (primary N) is 1. The molecule has 33 heavy (non-hydrogen) atoms. The van der Waals surface area contributed by atoms with E-state index in [4.69, 9.17) is 16.4 Å². The normalized spacial score (nSPS) is 10.5. The summed E-state index contributed by atoms with van der Waals surface area (Å²) in [6, 6.07) is 8.51. The first kappa shape index (κ1) is 32.6. The van der Waals surface area contributed by atoms with Gasteiger partial charge in [0.05, 0.1) is 12.7 Å². The Hall–Kier alpha value is -2.58. The van der Waals surface area contributed by atoms with Gasteiger partial charge in [0.15, 0.2) is 5.96 Å². The third-order valence-electron chi connectivity index (χ3n) is 4.43. The summed E-state index contributed by atoms with van der Waals surface area (Å²) in [6.07, 6.45) is 3.62. The molecule has 1 aromatic carbocycles. The van der Waals surface area contributed by atoms with Crippen LogP contribution in [0, 0.1) is 16.7 Å². The minimum atomic E-state index is -0.960. The second-order valence-electron chi connectivity index (χ2n) is 7.05. The number of benzene rings is 1. The van der Waals surface area contributed by atoms with E-state index in [1.165, 1.54) is 0 Å². The first-order chi connectivity index (χ1) is 15.0. The summed E-state index contributed by atoms with van der Waals surface area (Å²) in [4.78, 5) is 24.2. The third kappa shape index (κ3) is 15.8. The molecule has 1 rings (SSSR count). The number of nitrogens with zero attached hydrogens (tertiary/aromatic N) is 1. The first-order valence-corrected chi connectivity index (χ1v) is 10.4. The number of halogens is 2. The molecular weight excluding hydrogens is 469 g/mol. The molecule has 0 aromatic heterocycles. The number of guanidine groups is 1. The molecule has 12 heteroatoms. The largest absolute Gasteiger partial charge is 0.394 e. The van der Waals surface area contributed by atoms with Crippen molar-refractivity contribution >= 4 is 48.3 Å². The maximum atomic E-state index is 12.1. The van der Waals surface area contributed by atoms with Crippen LogP contribution in [0.4, 0.5) is 5.69 Å². The molecule has 0 unspecified atom stereocenters. The summed E-state index contributed by atoms with van der Waals surface area (Å²) < 4.78 is 0. The predicted molar refractivity (Wildman–Crippen MR) is 134 cm³/mol. The molecule has 1 aromatic rings. The topological polar surface area (TPSA) is 176 Å². The maximum Gasteiger partial charge on any atom is 0.244 e. The number of aryl methyl sites for hydroxylation is 1. The molecular formula is C21H35Cl2N7O3. The molecule has 10 nitrogen and oxygen atoms in total. The van der Waals surface area contributed by atoms with Crippen LogP contribution in [0.3, 0.4) is 0 Å². The number of aliphatic hydroxyl groups excluding tert-OH is 1. The number of carbonyl (C=O) groups excluding carboxylic acids is 2. The van der Waals surface area contributed by atoms with Crippen molar-refractivity contribution in [3.8, 4) is 6.07 Å². The summed E-state index contributed by atoms with van der Waals surface area (Å²) in [5.74, 6) is -0.816. The van der Waals surface area contributed by atoms with Crippen LogP contribution in [0.2, 0.25) is 0 Å². The minimum Gasteiger partial charge on any atom is -0.394 e. The van der Waals surface area contributed by atoms with Gasteiger partial charge in [-0.1, -0.05) is 12.1 Å².